The van der Waals surface area contributed by atoms with Gasteiger partial charge in [0.2, 0.25) is 0 Å². The predicted octanol–water partition coefficient (Wildman–Crippen LogP) is 1.98. The Morgan fingerprint density at radius 1 is 1.38 bits per heavy atom. The number of benzene rings is 1. The first-order valence-corrected chi connectivity index (χ1v) is 5.10. The van der Waals surface area contributed by atoms with Gasteiger partial charge >= 0.3 is 0 Å². The van der Waals surface area contributed by atoms with E-state index in [0.29, 0.717) is 18.1 Å². The summed E-state index contributed by atoms with van der Waals surface area (Å²) >= 11 is 0. The third-order valence-corrected chi connectivity index (χ3v) is 2.28. The molecule has 0 aliphatic carbocycles. The number of hydrogen-bond acceptors (Lipinski definition) is 4. The van der Waals surface area contributed by atoms with E-state index in [-0.39, 0.29) is 0 Å². The van der Waals surface area contributed by atoms with Crippen LogP contribution >= 0.6 is 0 Å². The van der Waals surface area contributed by atoms with Gasteiger partial charge in [0.25, 0.3) is 0 Å². The number of rotatable bonds is 3. The Hall–Kier alpha value is -2.10. The van der Waals surface area contributed by atoms with E-state index in [0.717, 1.165) is 0 Å². The highest BCUT2D eigenvalue weighted by Crippen LogP contribution is 2.13. The van der Waals surface area contributed by atoms with E-state index in [1.807, 2.05) is 6.07 Å². The molecule has 0 bridgehead atoms. The maximum atomic E-state index is 5.73. The predicted molar refractivity (Wildman–Crippen MR) is 65.0 cm³/mol. The monoisotopic (exact) mass is 214 g/mol. The van der Waals surface area contributed by atoms with Gasteiger partial charge in [-0.2, -0.15) is 0 Å². The lowest BCUT2D eigenvalue weighted by molar-refractivity contribution is 1.08. The molecule has 2 rings (SSSR count). The van der Waals surface area contributed by atoms with Crippen LogP contribution in [0.4, 0.5) is 11.5 Å². The van der Waals surface area contributed by atoms with Crippen LogP contribution in [0.2, 0.25) is 0 Å². The first kappa shape index (κ1) is 10.4. The quantitative estimate of drug-likeness (QED) is 0.820. The first-order valence-electron chi connectivity index (χ1n) is 5.10. The van der Waals surface area contributed by atoms with Crippen molar-refractivity contribution in [2.24, 2.45) is 0 Å². The van der Waals surface area contributed by atoms with Gasteiger partial charge in [-0.05, 0) is 12.5 Å². The van der Waals surface area contributed by atoms with Crippen molar-refractivity contribution in [2.45, 2.75) is 13.5 Å². The second kappa shape index (κ2) is 4.61. The molecule has 82 valence electrons. The lowest BCUT2D eigenvalue weighted by Gasteiger charge is -2.07. The number of nitrogen functional groups attached to an aromatic ring is 1. The fraction of sp³-hybridized carbons (Fsp3) is 0.167. The van der Waals surface area contributed by atoms with Crippen molar-refractivity contribution < 1.29 is 0 Å². The van der Waals surface area contributed by atoms with Crippen molar-refractivity contribution in [1.82, 2.24) is 9.97 Å². The van der Waals surface area contributed by atoms with Gasteiger partial charge in [-0.15, -0.1) is 0 Å². The minimum absolute atomic E-state index is 0.565. The van der Waals surface area contributed by atoms with Crippen LogP contribution in [0.1, 0.15) is 11.1 Å². The molecule has 0 saturated carbocycles. The first-order chi connectivity index (χ1) is 7.75. The van der Waals surface area contributed by atoms with Crippen LogP contribution in [0.25, 0.3) is 0 Å². The van der Waals surface area contributed by atoms with Crippen LogP contribution in [0, 0.1) is 6.92 Å². The maximum Gasteiger partial charge on any atom is 0.152 e. The van der Waals surface area contributed by atoms with E-state index in [9.17, 15) is 0 Å². The van der Waals surface area contributed by atoms with Crippen LogP contribution in [0.3, 0.4) is 0 Å². The van der Waals surface area contributed by atoms with Crippen molar-refractivity contribution >= 4 is 11.5 Å². The molecule has 2 aromatic rings. The highest BCUT2D eigenvalue weighted by Gasteiger charge is 1.99. The lowest BCUT2D eigenvalue weighted by atomic mass is 10.1. The number of nitrogens with zero attached hydrogens (tertiary/aromatic N) is 2. The zero-order valence-electron chi connectivity index (χ0n) is 9.14. The summed E-state index contributed by atoms with van der Waals surface area (Å²) in [6.07, 6.45) is 3.07. The van der Waals surface area contributed by atoms with Gasteiger partial charge in [0, 0.05) is 6.54 Å². The molecule has 0 radical (unpaired) electrons. The number of aryl methyl sites for hydroxylation is 1. The standard InChI is InChI=1S/C12H14N4/c1-9-3-2-4-10(5-9)6-15-12-11(13)7-14-8-16-12/h2-5,7-8H,6,13H2,1H3,(H,14,15,16). The van der Waals surface area contributed by atoms with Crippen molar-refractivity contribution in [3.05, 3.63) is 47.9 Å². The molecule has 0 unspecified atom stereocenters. The molecular weight excluding hydrogens is 200 g/mol. The van der Waals surface area contributed by atoms with Crippen molar-refractivity contribution in [1.29, 1.82) is 0 Å². The number of anilines is 2. The molecule has 0 fully saturated rings. The summed E-state index contributed by atoms with van der Waals surface area (Å²) in [5.74, 6) is 0.677. The molecule has 1 aromatic heterocycles. The summed E-state index contributed by atoms with van der Waals surface area (Å²) in [6, 6.07) is 8.31. The second-order valence-electron chi connectivity index (χ2n) is 3.67. The molecule has 0 aliphatic rings. The molecule has 4 heteroatoms. The van der Waals surface area contributed by atoms with Gasteiger partial charge in [-0.25, -0.2) is 9.97 Å². The van der Waals surface area contributed by atoms with Crippen LogP contribution in [-0.2, 0) is 6.54 Å². The van der Waals surface area contributed by atoms with Gasteiger partial charge in [-0.1, -0.05) is 29.8 Å². The molecule has 0 aliphatic heterocycles. The van der Waals surface area contributed by atoms with Crippen LogP contribution in [-0.4, -0.2) is 9.97 Å². The van der Waals surface area contributed by atoms with E-state index in [1.165, 1.54) is 17.5 Å². The Kier molecular flexibility index (Phi) is 3.00. The van der Waals surface area contributed by atoms with Crippen molar-refractivity contribution in [3.63, 3.8) is 0 Å². The lowest BCUT2D eigenvalue weighted by Crippen LogP contribution is -2.04. The van der Waals surface area contributed by atoms with E-state index < -0.39 is 0 Å². The highest BCUT2D eigenvalue weighted by atomic mass is 15.0. The minimum Gasteiger partial charge on any atom is -0.394 e. The van der Waals surface area contributed by atoms with E-state index in [2.05, 4.69) is 40.4 Å². The van der Waals surface area contributed by atoms with Gasteiger partial charge in [0.15, 0.2) is 5.82 Å². The van der Waals surface area contributed by atoms with Gasteiger partial charge in [0.1, 0.15) is 6.33 Å². The largest absolute Gasteiger partial charge is 0.394 e. The van der Waals surface area contributed by atoms with E-state index in [4.69, 9.17) is 5.73 Å². The Morgan fingerprint density at radius 3 is 3.00 bits per heavy atom. The van der Waals surface area contributed by atoms with E-state index in [1.54, 1.807) is 6.20 Å². The van der Waals surface area contributed by atoms with Crippen LogP contribution < -0.4 is 11.1 Å². The average Bonchev–Trinajstić information content (AvgIpc) is 2.28. The summed E-state index contributed by atoms with van der Waals surface area (Å²) in [5, 5.41) is 3.18. The molecule has 1 aromatic carbocycles. The molecule has 3 N–H and O–H groups in total. The third-order valence-electron chi connectivity index (χ3n) is 2.28. The molecule has 0 spiro atoms. The molecule has 1 heterocycles. The van der Waals surface area contributed by atoms with Gasteiger partial charge in [-0.3, -0.25) is 0 Å². The Morgan fingerprint density at radius 2 is 2.25 bits per heavy atom. The smallest absolute Gasteiger partial charge is 0.152 e. The molecule has 0 atom stereocenters. The van der Waals surface area contributed by atoms with Gasteiger partial charge < -0.3 is 11.1 Å². The SMILES string of the molecule is Cc1cccc(CNc2ncncc2N)c1. The Bertz CT molecular complexity index is 482. The Balaban J connectivity index is 2.05. The van der Waals surface area contributed by atoms with Crippen molar-refractivity contribution in [3.8, 4) is 0 Å². The third kappa shape index (κ3) is 2.48. The number of aromatic nitrogens is 2. The number of hydrogen-bond donors (Lipinski definition) is 2. The normalized spacial score (nSPS) is 10.1. The summed E-state index contributed by atoms with van der Waals surface area (Å²) in [4.78, 5) is 7.91. The molecule has 0 saturated heterocycles. The van der Waals surface area contributed by atoms with Crippen LogP contribution in [0.5, 0.6) is 0 Å². The molecule has 16 heavy (non-hydrogen) atoms. The Labute approximate surface area is 94.5 Å². The molecule has 0 amide bonds. The fourth-order valence-corrected chi connectivity index (χ4v) is 1.50. The van der Waals surface area contributed by atoms with Crippen molar-refractivity contribution in [2.75, 3.05) is 11.1 Å². The number of nitrogens with two attached hydrogens (primary N) is 1. The zero-order chi connectivity index (χ0) is 11.4. The molecule has 4 nitrogen and oxygen atoms in total. The summed E-state index contributed by atoms with van der Waals surface area (Å²) in [5.41, 5.74) is 8.74. The maximum absolute atomic E-state index is 5.73. The van der Waals surface area contributed by atoms with E-state index >= 15 is 0 Å². The highest BCUT2D eigenvalue weighted by molar-refractivity contribution is 5.59. The molecular formula is C12H14N4. The summed E-state index contributed by atoms with van der Waals surface area (Å²) in [7, 11) is 0. The average molecular weight is 214 g/mol. The number of nitrogens with one attached hydrogen (secondary N) is 1. The summed E-state index contributed by atoms with van der Waals surface area (Å²) in [6.45, 7) is 2.78. The second-order valence-corrected chi connectivity index (χ2v) is 3.67. The van der Waals surface area contributed by atoms with Gasteiger partial charge in [0.05, 0.1) is 11.9 Å². The zero-order valence-corrected chi connectivity index (χ0v) is 9.14. The minimum atomic E-state index is 0.565. The van der Waals surface area contributed by atoms with Crippen LogP contribution in [0.15, 0.2) is 36.8 Å². The fourth-order valence-electron chi connectivity index (χ4n) is 1.50. The summed E-state index contributed by atoms with van der Waals surface area (Å²) < 4.78 is 0. The topological polar surface area (TPSA) is 63.8 Å².